The minimum absolute atomic E-state index is 0.171. The summed E-state index contributed by atoms with van der Waals surface area (Å²) in [5.74, 6) is 0.704. The third-order valence-electron chi connectivity index (χ3n) is 3.69. The maximum atomic E-state index is 12.4. The van der Waals surface area contributed by atoms with Crippen molar-refractivity contribution in [3.05, 3.63) is 77.9 Å². The Hall–Kier alpha value is -3.38. The highest BCUT2D eigenvalue weighted by Crippen LogP contribution is 2.25. The van der Waals surface area contributed by atoms with Gasteiger partial charge in [-0.3, -0.25) is 4.79 Å². The number of rotatable bonds is 4. The van der Waals surface area contributed by atoms with Crippen molar-refractivity contribution in [1.82, 2.24) is 10.1 Å². The number of benzene rings is 2. The Morgan fingerprint density at radius 1 is 1.00 bits per heavy atom. The lowest BCUT2D eigenvalue weighted by atomic mass is 10.1. The number of halogens is 1. The smallest absolute Gasteiger partial charge is 0.277 e. The second-order valence-electron chi connectivity index (χ2n) is 5.49. The number of aromatic nitrogens is 2. The van der Waals surface area contributed by atoms with Gasteiger partial charge < -0.3 is 14.3 Å². The van der Waals surface area contributed by atoms with E-state index in [1.807, 2.05) is 18.2 Å². The van der Waals surface area contributed by atoms with Crippen LogP contribution in [0, 0.1) is 0 Å². The van der Waals surface area contributed by atoms with Crippen LogP contribution in [0.5, 0.6) is 0 Å². The zero-order valence-electron chi connectivity index (χ0n) is 13.3. The molecule has 0 unspecified atom stereocenters. The number of hydrogen-bond donors (Lipinski definition) is 1. The number of hydrogen-bond acceptors (Lipinski definition) is 5. The first-order chi connectivity index (χ1) is 12.7. The van der Waals surface area contributed by atoms with Crippen molar-refractivity contribution in [2.75, 3.05) is 5.32 Å². The molecule has 4 rings (SSSR count). The minimum Gasteiger partial charge on any atom is -0.444 e. The summed E-state index contributed by atoms with van der Waals surface area (Å²) in [6.07, 6.45) is 2.96. The summed E-state index contributed by atoms with van der Waals surface area (Å²) in [4.78, 5) is 16.3. The van der Waals surface area contributed by atoms with Gasteiger partial charge in [0.15, 0.2) is 23.6 Å². The summed E-state index contributed by atoms with van der Waals surface area (Å²) in [6, 6.07) is 15.9. The van der Waals surface area contributed by atoms with Crippen LogP contribution in [0.3, 0.4) is 0 Å². The van der Waals surface area contributed by atoms with E-state index in [2.05, 4.69) is 15.5 Å². The van der Waals surface area contributed by atoms with E-state index >= 15 is 0 Å². The molecule has 0 fully saturated rings. The molecule has 128 valence electrons. The molecule has 0 atom stereocenters. The fraction of sp³-hybridized carbons (Fsp3) is 0. The van der Waals surface area contributed by atoms with Gasteiger partial charge in [-0.25, -0.2) is 4.98 Å². The van der Waals surface area contributed by atoms with Gasteiger partial charge in [0.2, 0.25) is 0 Å². The average Bonchev–Trinajstić information content (AvgIpc) is 3.34. The molecule has 2 heterocycles. The largest absolute Gasteiger partial charge is 0.444 e. The highest BCUT2D eigenvalue weighted by Gasteiger charge is 2.14. The van der Waals surface area contributed by atoms with Crippen molar-refractivity contribution in [1.29, 1.82) is 0 Å². The van der Waals surface area contributed by atoms with Crippen molar-refractivity contribution >= 4 is 23.2 Å². The molecule has 0 saturated heterocycles. The standard InChI is InChI=1S/C19H12ClN3O3/c20-14-5-1-3-12(7-14)17-9-16(23-26-17)19(24)22-15-6-2-4-13(8-15)18-10-21-11-25-18/h1-11H,(H,22,24). The zero-order chi connectivity index (χ0) is 17.9. The predicted molar refractivity (Wildman–Crippen MR) is 96.8 cm³/mol. The molecule has 0 aliphatic rings. The number of nitrogens with one attached hydrogen (secondary N) is 1. The fourth-order valence-corrected chi connectivity index (χ4v) is 2.65. The van der Waals surface area contributed by atoms with Gasteiger partial charge in [0.05, 0.1) is 6.20 Å². The van der Waals surface area contributed by atoms with Crippen LogP contribution in [0.4, 0.5) is 5.69 Å². The molecule has 1 amide bonds. The van der Waals surface area contributed by atoms with Gasteiger partial charge in [0, 0.05) is 27.9 Å². The number of amides is 1. The Balaban J connectivity index is 1.53. The van der Waals surface area contributed by atoms with Gasteiger partial charge in [-0.05, 0) is 24.3 Å². The molecular weight excluding hydrogens is 354 g/mol. The number of carbonyl (C=O) groups is 1. The fourth-order valence-electron chi connectivity index (χ4n) is 2.46. The van der Waals surface area contributed by atoms with Crippen molar-refractivity contribution in [2.24, 2.45) is 0 Å². The van der Waals surface area contributed by atoms with Crippen molar-refractivity contribution in [3.8, 4) is 22.6 Å². The molecule has 7 heteroatoms. The van der Waals surface area contributed by atoms with Crippen LogP contribution in [-0.2, 0) is 0 Å². The number of nitrogens with zero attached hydrogens (tertiary/aromatic N) is 2. The van der Waals surface area contributed by atoms with E-state index in [1.165, 1.54) is 6.39 Å². The summed E-state index contributed by atoms with van der Waals surface area (Å²) in [7, 11) is 0. The second kappa shape index (κ2) is 6.85. The molecule has 6 nitrogen and oxygen atoms in total. The first kappa shape index (κ1) is 16.1. The lowest BCUT2D eigenvalue weighted by Crippen LogP contribution is -2.12. The number of anilines is 1. The Morgan fingerprint density at radius 2 is 1.81 bits per heavy atom. The average molecular weight is 366 g/mol. The van der Waals surface area contributed by atoms with E-state index < -0.39 is 0 Å². The maximum Gasteiger partial charge on any atom is 0.277 e. The summed E-state index contributed by atoms with van der Waals surface area (Å²) in [5.41, 5.74) is 2.33. The van der Waals surface area contributed by atoms with Crippen LogP contribution in [0.1, 0.15) is 10.5 Å². The Labute approximate surface area is 153 Å². The van der Waals surface area contributed by atoms with Gasteiger partial charge in [-0.1, -0.05) is 41.0 Å². The third kappa shape index (κ3) is 3.36. The van der Waals surface area contributed by atoms with Gasteiger partial charge in [-0.15, -0.1) is 0 Å². The Kier molecular flexibility index (Phi) is 4.25. The highest BCUT2D eigenvalue weighted by molar-refractivity contribution is 6.30. The predicted octanol–water partition coefficient (Wildman–Crippen LogP) is 4.90. The Morgan fingerprint density at radius 3 is 2.58 bits per heavy atom. The number of oxazole rings is 1. The first-order valence-corrected chi connectivity index (χ1v) is 8.10. The summed E-state index contributed by atoms with van der Waals surface area (Å²) in [6.45, 7) is 0. The summed E-state index contributed by atoms with van der Waals surface area (Å²) < 4.78 is 10.5. The molecule has 26 heavy (non-hydrogen) atoms. The maximum absolute atomic E-state index is 12.4. The van der Waals surface area contributed by atoms with Crippen LogP contribution in [0.2, 0.25) is 5.02 Å². The van der Waals surface area contributed by atoms with Crippen molar-refractivity contribution in [2.45, 2.75) is 0 Å². The lowest BCUT2D eigenvalue weighted by molar-refractivity contribution is 0.101. The summed E-state index contributed by atoms with van der Waals surface area (Å²) in [5, 5.41) is 7.20. The van der Waals surface area contributed by atoms with Gasteiger partial charge in [0.1, 0.15) is 0 Å². The SMILES string of the molecule is O=C(Nc1cccc(-c2cnco2)c1)c1cc(-c2cccc(Cl)c2)on1. The van der Waals surface area contributed by atoms with E-state index in [1.54, 1.807) is 42.6 Å². The first-order valence-electron chi connectivity index (χ1n) is 7.72. The van der Waals surface area contributed by atoms with E-state index in [4.69, 9.17) is 20.5 Å². The van der Waals surface area contributed by atoms with Crippen LogP contribution >= 0.6 is 11.6 Å². The van der Waals surface area contributed by atoms with E-state index in [-0.39, 0.29) is 11.6 Å². The van der Waals surface area contributed by atoms with Crippen LogP contribution in [0.25, 0.3) is 22.6 Å². The molecule has 2 aromatic heterocycles. The molecule has 0 radical (unpaired) electrons. The molecule has 2 aromatic carbocycles. The van der Waals surface area contributed by atoms with E-state index in [0.29, 0.717) is 22.2 Å². The molecule has 0 spiro atoms. The zero-order valence-corrected chi connectivity index (χ0v) is 14.1. The van der Waals surface area contributed by atoms with Gasteiger partial charge in [0.25, 0.3) is 5.91 Å². The van der Waals surface area contributed by atoms with Crippen molar-refractivity contribution in [3.63, 3.8) is 0 Å². The number of carbonyl (C=O) groups excluding carboxylic acids is 1. The van der Waals surface area contributed by atoms with Crippen LogP contribution in [-0.4, -0.2) is 16.0 Å². The quantitative estimate of drug-likeness (QED) is 0.556. The van der Waals surface area contributed by atoms with Crippen molar-refractivity contribution < 1.29 is 13.7 Å². The molecule has 0 bridgehead atoms. The van der Waals surface area contributed by atoms with Crippen LogP contribution in [0.15, 0.2) is 76.1 Å². The van der Waals surface area contributed by atoms with Crippen LogP contribution < -0.4 is 5.32 Å². The van der Waals surface area contributed by atoms with Gasteiger partial charge >= 0.3 is 0 Å². The topological polar surface area (TPSA) is 81.2 Å². The second-order valence-corrected chi connectivity index (χ2v) is 5.92. The third-order valence-corrected chi connectivity index (χ3v) is 3.92. The Bertz CT molecular complexity index is 1060. The van der Waals surface area contributed by atoms with E-state index in [9.17, 15) is 4.79 Å². The molecule has 0 saturated carbocycles. The molecule has 0 aliphatic heterocycles. The highest BCUT2D eigenvalue weighted by atomic mass is 35.5. The molecule has 0 aliphatic carbocycles. The van der Waals surface area contributed by atoms with Gasteiger partial charge in [-0.2, -0.15) is 0 Å². The molecule has 1 N–H and O–H groups in total. The minimum atomic E-state index is -0.378. The summed E-state index contributed by atoms with van der Waals surface area (Å²) >= 11 is 5.98. The lowest BCUT2D eigenvalue weighted by Gasteiger charge is -2.04. The van der Waals surface area contributed by atoms with E-state index in [0.717, 1.165) is 11.1 Å². The normalized spacial score (nSPS) is 10.7. The molecular formula is C19H12ClN3O3. The monoisotopic (exact) mass is 365 g/mol. The molecule has 4 aromatic rings.